The molecule has 15 heavy (non-hydrogen) atoms. The van der Waals surface area contributed by atoms with E-state index < -0.39 is 0 Å². The predicted molar refractivity (Wildman–Crippen MR) is 58.9 cm³/mol. The van der Waals surface area contributed by atoms with Crippen LogP contribution >= 0.6 is 11.3 Å². The normalized spacial score (nSPS) is 10.5. The first-order chi connectivity index (χ1) is 7.29. The van der Waals surface area contributed by atoms with Crippen LogP contribution in [0.25, 0.3) is 0 Å². The summed E-state index contributed by atoms with van der Waals surface area (Å²) in [5, 5.41) is 10.9. The van der Waals surface area contributed by atoms with Gasteiger partial charge in [0.25, 0.3) is 6.01 Å². The number of hydrogen-bond donors (Lipinski definition) is 1. The van der Waals surface area contributed by atoms with Crippen molar-refractivity contribution < 1.29 is 9.52 Å². The van der Waals surface area contributed by atoms with Gasteiger partial charge in [-0.3, -0.25) is 0 Å². The summed E-state index contributed by atoms with van der Waals surface area (Å²) in [7, 11) is 1.91. The molecule has 4 nitrogen and oxygen atoms in total. The number of nitrogens with zero attached hydrogens (tertiary/aromatic N) is 2. The number of aliphatic hydroxyl groups excluding tert-OH is 1. The molecule has 0 atom stereocenters. The molecule has 2 aromatic rings. The molecule has 1 N–H and O–H groups in total. The number of rotatable bonds is 4. The van der Waals surface area contributed by atoms with Gasteiger partial charge in [0.15, 0.2) is 0 Å². The Hall–Kier alpha value is -1.33. The van der Waals surface area contributed by atoms with Gasteiger partial charge in [-0.25, -0.2) is 0 Å². The fourth-order valence-electron chi connectivity index (χ4n) is 1.25. The first-order valence-corrected chi connectivity index (χ1v) is 5.46. The van der Waals surface area contributed by atoms with Crippen LogP contribution in [0.2, 0.25) is 0 Å². The molecule has 0 aromatic carbocycles. The number of aliphatic hydroxyl groups is 1. The second kappa shape index (κ2) is 4.46. The van der Waals surface area contributed by atoms with Crippen molar-refractivity contribution in [2.45, 2.75) is 13.2 Å². The van der Waals surface area contributed by atoms with Crippen molar-refractivity contribution in [2.24, 2.45) is 0 Å². The third kappa shape index (κ3) is 2.37. The SMILES string of the molecule is CN(Cc1cccs1)c1nc(CO)co1. The Morgan fingerprint density at radius 2 is 2.47 bits per heavy atom. The molecule has 2 rings (SSSR count). The van der Waals surface area contributed by atoms with E-state index in [1.54, 1.807) is 11.3 Å². The first kappa shape index (κ1) is 10.2. The third-order valence-electron chi connectivity index (χ3n) is 2.00. The van der Waals surface area contributed by atoms with Crippen LogP contribution in [0, 0.1) is 0 Å². The molecule has 80 valence electrons. The van der Waals surface area contributed by atoms with Gasteiger partial charge in [-0.2, -0.15) is 4.98 Å². The van der Waals surface area contributed by atoms with Gasteiger partial charge in [0.1, 0.15) is 12.0 Å². The molecule has 0 aliphatic heterocycles. The third-order valence-corrected chi connectivity index (χ3v) is 2.86. The topological polar surface area (TPSA) is 49.5 Å². The molecule has 0 saturated heterocycles. The zero-order valence-corrected chi connectivity index (χ0v) is 9.20. The Kier molecular flexibility index (Phi) is 3.03. The summed E-state index contributed by atoms with van der Waals surface area (Å²) in [5.74, 6) is 0. The molecule has 2 aromatic heterocycles. The highest BCUT2D eigenvalue weighted by Gasteiger charge is 2.09. The van der Waals surface area contributed by atoms with E-state index in [4.69, 9.17) is 9.52 Å². The molecule has 0 unspecified atom stereocenters. The largest absolute Gasteiger partial charge is 0.432 e. The molecule has 0 saturated carbocycles. The number of anilines is 1. The van der Waals surface area contributed by atoms with Crippen LogP contribution in [0.5, 0.6) is 0 Å². The van der Waals surface area contributed by atoms with Gasteiger partial charge in [-0.15, -0.1) is 11.3 Å². The van der Waals surface area contributed by atoms with E-state index >= 15 is 0 Å². The number of aromatic nitrogens is 1. The van der Waals surface area contributed by atoms with Crippen molar-refractivity contribution in [2.75, 3.05) is 11.9 Å². The maximum absolute atomic E-state index is 8.85. The van der Waals surface area contributed by atoms with Crippen LogP contribution in [-0.4, -0.2) is 17.1 Å². The van der Waals surface area contributed by atoms with Gasteiger partial charge in [0.2, 0.25) is 0 Å². The van der Waals surface area contributed by atoms with Gasteiger partial charge in [-0.05, 0) is 11.4 Å². The summed E-state index contributed by atoms with van der Waals surface area (Å²) in [6.07, 6.45) is 1.47. The summed E-state index contributed by atoms with van der Waals surface area (Å²) in [5.41, 5.74) is 0.558. The van der Waals surface area contributed by atoms with Gasteiger partial charge >= 0.3 is 0 Å². The zero-order valence-electron chi connectivity index (χ0n) is 8.38. The molecule has 0 radical (unpaired) electrons. The molecule has 0 aliphatic carbocycles. The maximum Gasteiger partial charge on any atom is 0.297 e. The lowest BCUT2D eigenvalue weighted by atomic mass is 10.4. The van der Waals surface area contributed by atoms with E-state index in [-0.39, 0.29) is 6.61 Å². The lowest BCUT2D eigenvalue weighted by molar-refractivity contribution is 0.276. The summed E-state index contributed by atoms with van der Waals surface area (Å²) < 4.78 is 5.23. The number of thiophene rings is 1. The number of hydrogen-bond acceptors (Lipinski definition) is 5. The first-order valence-electron chi connectivity index (χ1n) is 4.58. The van der Waals surface area contributed by atoms with Gasteiger partial charge in [0, 0.05) is 11.9 Å². The molecule has 2 heterocycles. The van der Waals surface area contributed by atoms with Gasteiger partial charge in [0.05, 0.1) is 13.2 Å². The van der Waals surface area contributed by atoms with Crippen molar-refractivity contribution in [3.8, 4) is 0 Å². The standard InChI is InChI=1S/C10H12N2O2S/c1-12(5-9-3-2-4-15-9)10-11-8(6-13)7-14-10/h2-4,7,13H,5-6H2,1H3. The maximum atomic E-state index is 8.85. The van der Waals surface area contributed by atoms with E-state index in [0.29, 0.717) is 11.7 Å². The Balaban J connectivity index is 2.04. The second-order valence-corrected chi connectivity index (χ2v) is 4.25. The highest BCUT2D eigenvalue weighted by atomic mass is 32.1. The quantitative estimate of drug-likeness (QED) is 0.861. The summed E-state index contributed by atoms with van der Waals surface area (Å²) in [6, 6.07) is 4.62. The summed E-state index contributed by atoms with van der Waals surface area (Å²) >= 11 is 1.70. The molecule has 0 spiro atoms. The molecule has 0 aliphatic rings. The van der Waals surface area contributed by atoms with E-state index in [2.05, 4.69) is 11.1 Å². The fourth-order valence-corrected chi connectivity index (χ4v) is 2.01. The minimum absolute atomic E-state index is 0.0870. The van der Waals surface area contributed by atoms with Crippen molar-refractivity contribution in [3.63, 3.8) is 0 Å². The molecular weight excluding hydrogens is 212 g/mol. The molecular formula is C10H12N2O2S. The highest BCUT2D eigenvalue weighted by Crippen LogP contribution is 2.17. The van der Waals surface area contributed by atoms with Crippen molar-refractivity contribution in [3.05, 3.63) is 34.3 Å². The van der Waals surface area contributed by atoms with Crippen LogP contribution in [0.3, 0.4) is 0 Å². The minimum atomic E-state index is -0.0870. The van der Waals surface area contributed by atoms with Crippen molar-refractivity contribution in [1.29, 1.82) is 0 Å². The van der Waals surface area contributed by atoms with E-state index in [9.17, 15) is 0 Å². The average Bonchev–Trinajstić information content (AvgIpc) is 2.86. The monoisotopic (exact) mass is 224 g/mol. The fraction of sp³-hybridized carbons (Fsp3) is 0.300. The van der Waals surface area contributed by atoms with Gasteiger partial charge < -0.3 is 14.4 Å². The molecule has 5 heteroatoms. The Morgan fingerprint density at radius 3 is 3.07 bits per heavy atom. The smallest absolute Gasteiger partial charge is 0.297 e. The Morgan fingerprint density at radius 1 is 1.60 bits per heavy atom. The zero-order chi connectivity index (χ0) is 10.7. The molecule has 0 amide bonds. The molecule has 0 fully saturated rings. The van der Waals surface area contributed by atoms with Gasteiger partial charge in [-0.1, -0.05) is 6.07 Å². The molecule has 0 bridgehead atoms. The number of oxazole rings is 1. The Labute approximate surface area is 91.8 Å². The summed E-state index contributed by atoms with van der Waals surface area (Å²) in [6.45, 7) is 0.680. The van der Waals surface area contributed by atoms with Crippen molar-refractivity contribution >= 4 is 17.4 Å². The van der Waals surface area contributed by atoms with Crippen LogP contribution in [0.15, 0.2) is 28.2 Å². The second-order valence-electron chi connectivity index (χ2n) is 3.21. The minimum Gasteiger partial charge on any atom is -0.432 e. The lowest BCUT2D eigenvalue weighted by Crippen LogP contribution is -2.15. The van der Waals surface area contributed by atoms with E-state index in [1.807, 2.05) is 23.4 Å². The van der Waals surface area contributed by atoms with Crippen LogP contribution in [-0.2, 0) is 13.2 Å². The van der Waals surface area contributed by atoms with E-state index in [0.717, 1.165) is 6.54 Å². The van der Waals surface area contributed by atoms with Crippen LogP contribution in [0.1, 0.15) is 10.6 Å². The lowest BCUT2D eigenvalue weighted by Gasteiger charge is -2.12. The summed E-state index contributed by atoms with van der Waals surface area (Å²) in [4.78, 5) is 7.28. The predicted octanol–water partition coefficient (Wildman–Crippen LogP) is 1.86. The van der Waals surface area contributed by atoms with E-state index in [1.165, 1.54) is 11.1 Å². The average molecular weight is 224 g/mol. The van der Waals surface area contributed by atoms with Crippen LogP contribution in [0.4, 0.5) is 6.01 Å². The highest BCUT2D eigenvalue weighted by molar-refractivity contribution is 7.09. The van der Waals surface area contributed by atoms with Crippen molar-refractivity contribution in [1.82, 2.24) is 4.98 Å². The van der Waals surface area contributed by atoms with Crippen LogP contribution < -0.4 is 4.90 Å². The Bertz CT molecular complexity index is 411.